The van der Waals surface area contributed by atoms with Crippen LogP contribution in [-0.2, 0) is 26.0 Å². The number of hydrogen-bond acceptors (Lipinski definition) is 4. The standard InChI is InChI=1S/C25H34ClN3O4S/c1-19(2)27-25(31)20(3)28(17-15-21-10-6-5-7-11-21)24(30)14-9-16-29(34(4,32)33)23-13-8-12-22(26)18-23/h5-8,10-13,18-20H,9,14-17H2,1-4H3,(H,27,31). The molecule has 9 heteroatoms. The number of benzene rings is 2. The Morgan fingerprint density at radius 3 is 2.26 bits per heavy atom. The van der Waals surface area contributed by atoms with Crippen LogP contribution in [0.1, 0.15) is 39.2 Å². The lowest BCUT2D eigenvalue weighted by Crippen LogP contribution is -2.50. The predicted molar refractivity (Wildman–Crippen MR) is 137 cm³/mol. The Labute approximate surface area is 208 Å². The fourth-order valence-electron chi connectivity index (χ4n) is 3.61. The fourth-order valence-corrected chi connectivity index (χ4v) is 4.75. The van der Waals surface area contributed by atoms with E-state index in [2.05, 4.69) is 5.32 Å². The van der Waals surface area contributed by atoms with Gasteiger partial charge in [0.15, 0.2) is 0 Å². The fraction of sp³-hybridized carbons (Fsp3) is 0.440. The van der Waals surface area contributed by atoms with Crippen LogP contribution in [0.25, 0.3) is 0 Å². The van der Waals surface area contributed by atoms with Crippen molar-refractivity contribution in [1.82, 2.24) is 10.2 Å². The van der Waals surface area contributed by atoms with Crippen molar-refractivity contribution in [2.24, 2.45) is 0 Å². The molecule has 0 heterocycles. The quantitative estimate of drug-likeness (QED) is 0.472. The van der Waals surface area contributed by atoms with Crippen LogP contribution in [0.4, 0.5) is 5.69 Å². The van der Waals surface area contributed by atoms with Crippen molar-refractivity contribution in [2.45, 2.75) is 52.1 Å². The predicted octanol–water partition coefficient (Wildman–Crippen LogP) is 3.87. The molecule has 0 fully saturated rings. The number of hydrogen-bond donors (Lipinski definition) is 1. The Morgan fingerprint density at radius 1 is 1.00 bits per heavy atom. The van der Waals surface area contributed by atoms with Gasteiger partial charge in [-0.3, -0.25) is 13.9 Å². The SMILES string of the molecule is CC(C)NC(=O)C(C)N(CCc1ccccc1)C(=O)CCCN(c1cccc(Cl)c1)S(C)(=O)=O. The zero-order valence-electron chi connectivity index (χ0n) is 20.2. The third-order valence-corrected chi connectivity index (χ3v) is 6.76. The summed E-state index contributed by atoms with van der Waals surface area (Å²) in [5, 5.41) is 3.29. The Bertz CT molecular complexity index is 1060. The molecule has 0 aliphatic rings. The molecule has 34 heavy (non-hydrogen) atoms. The summed E-state index contributed by atoms with van der Waals surface area (Å²) in [6.07, 6.45) is 2.16. The van der Waals surface area contributed by atoms with Crippen LogP contribution in [0.3, 0.4) is 0 Å². The number of anilines is 1. The first-order valence-electron chi connectivity index (χ1n) is 11.4. The van der Waals surface area contributed by atoms with E-state index in [0.717, 1.165) is 11.8 Å². The van der Waals surface area contributed by atoms with Crippen LogP contribution in [0, 0.1) is 0 Å². The van der Waals surface area contributed by atoms with E-state index in [1.807, 2.05) is 44.2 Å². The van der Waals surface area contributed by atoms with Gasteiger partial charge < -0.3 is 10.2 Å². The van der Waals surface area contributed by atoms with Crippen LogP contribution >= 0.6 is 11.6 Å². The van der Waals surface area contributed by atoms with Crippen LogP contribution in [0.15, 0.2) is 54.6 Å². The number of carbonyl (C=O) groups excluding carboxylic acids is 2. The van der Waals surface area contributed by atoms with Crippen LogP contribution in [0.2, 0.25) is 5.02 Å². The van der Waals surface area contributed by atoms with Gasteiger partial charge in [-0.15, -0.1) is 0 Å². The van der Waals surface area contributed by atoms with E-state index in [0.29, 0.717) is 30.1 Å². The van der Waals surface area contributed by atoms with Gasteiger partial charge in [0.2, 0.25) is 21.8 Å². The van der Waals surface area contributed by atoms with E-state index in [-0.39, 0.29) is 30.8 Å². The first kappa shape index (κ1) is 27.7. The van der Waals surface area contributed by atoms with E-state index in [9.17, 15) is 18.0 Å². The molecule has 2 amide bonds. The molecule has 0 aliphatic heterocycles. The molecule has 0 aromatic heterocycles. The van der Waals surface area contributed by atoms with Crippen molar-refractivity contribution in [1.29, 1.82) is 0 Å². The van der Waals surface area contributed by atoms with Gasteiger partial charge in [0.1, 0.15) is 6.04 Å². The lowest BCUT2D eigenvalue weighted by Gasteiger charge is -2.30. The second-order valence-electron chi connectivity index (χ2n) is 8.58. The van der Waals surface area contributed by atoms with E-state index < -0.39 is 16.1 Å². The first-order valence-corrected chi connectivity index (χ1v) is 13.6. The highest BCUT2D eigenvalue weighted by atomic mass is 35.5. The van der Waals surface area contributed by atoms with Crippen LogP contribution in [-0.4, -0.2) is 56.6 Å². The van der Waals surface area contributed by atoms with Crippen molar-refractivity contribution >= 4 is 39.1 Å². The Balaban J connectivity index is 2.10. The molecular weight excluding hydrogens is 474 g/mol. The average molecular weight is 508 g/mol. The third-order valence-electron chi connectivity index (χ3n) is 5.33. The van der Waals surface area contributed by atoms with Crippen LogP contribution in [0.5, 0.6) is 0 Å². The summed E-state index contributed by atoms with van der Waals surface area (Å²) in [6, 6.07) is 15.7. The molecule has 0 saturated heterocycles. The van der Waals surface area contributed by atoms with Crippen LogP contribution < -0.4 is 9.62 Å². The second-order valence-corrected chi connectivity index (χ2v) is 10.9. The topological polar surface area (TPSA) is 86.8 Å². The highest BCUT2D eigenvalue weighted by molar-refractivity contribution is 7.92. The smallest absolute Gasteiger partial charge is 0.242 e. The number of amides is 2. The van der Waals surface area contributed by atoms with Crippen molar-refractivity contribution < 1.29 is 18.0 Å². The third kappa shape index (κ3) is 8.65. The van der Waals surface area contributed by atoms with Gasteiger partial charge in [-0.05, 0) is 57.4 Å². The van der Waals surface area contributed by atoms with E-state index in [1.54, 1.807) is 36.1 Å². The maximum atomic E-state index is 13.2. The molecule has 7 nitrogen and oxygen atoms in total. The molecule has 1 atom stereocenters. The van der Waals surface area contributed by atoms with Gasteiger partial charge in [0.25, 0.3) is 0 Å². The average Bonchev–Trinajstić information content (AvgIpc) is 2.76. The van der Waals surface area contributed by atoms with E-state index in [4.69, 9.17) is 11.6 Å². The van der Waals surface area contributed by atoms with Gasteiger partial charge in [-0.1, -0.05) is 48.0 Å². The number of nitrogens with zero attached hydrogens (tertiary/aromatic N) is 2. The molecular formula is C25H34ClN3O4S. The molecule has 0 saturated carbocycles. The molecule has 0 spiro atoms. The molecule has 2 rings (SSSR count). The summed E-state index contributed by atoms with van der Waals surface area (Å²) >= 11 is 6.03. The maximum Gasteiger partial charge on any atom is 0.242 e. The van der Waals surface area contributed by atoms with Gasteiger partial charge in [0.05, 0.1) is 11.9 Å². The molecule has 2 aromatic carbocycles. The minimum atomic E-state index is -3.56. The number of sulfonamides is 1. The van der Waals surface area contributed by atoms with Crippen molar-refractivity contribution in [2.75, 3.05) is 23.7 Å². The molecule has 186 valence electrons. The normalized spacial score (nSPS) is 12.3. The van der Waals surface area contributed by atoms with Gasteiger partial charge in [-0.25, -0.2) is 8.42 Å². The van der Waals surface area contributed by atoms with Crippen molar-refractivity contribution in [3.8, 4) is 0 Å². The lowest BCUT2D eigenvalue weighted by molar-refractivity contribution is -0.140. The molecule has 2 aromatic rings. The van der Waals surface area contributed by atoms with E-state index >= 15 is 0 Å². The summed E-state index contributed by atoms with van der Waals surface area (Å²) < 4.78 is 25.9. The Morgan fingerprint density at radius 2 is 1.68 bits per heavy atom. The van der Waals surface area contributed by atoms with E-state index in [1.165, 1.54) is 4.31 Å². The molecule has 0 radical (unpaired) electrons. The van der Waals surface area contributed by atoms with Crippen molar-refractivity contribution in [3.63, 3.8) is 0 Å². The number of rotatable bonds is 12. The maximum absolute atomic E-state index is 13.2. The Kier molecular flexibility index (Phi) is 10.4. The zero-order chi connectivity index (χ0) is 25.3. The lowest BCUT2D eigenvalue weighted by atomic mass is 10.1. The summed E-state index contributed by atoms with van der Waals surface area (Å²) in [5.74, 6) is -0.407. The molecule has 1 unspecified atom stereocenters. The highest BCUT2D eigenvalue weighted by Crippen LogP contribution is 2.22. The van der Waals surface area contributed by atoms with Gasteiger partial charge in [-0.2, -0.15) is 0 Å². The largest absolute Gasteiger partial charge is 0.352 e. The zero-order valence-corrected chi connectivity index (χ0v) is 21.8. The van der Waals surface area contributed by atoms with Gasteiger partial charge >= 0.3 is 0 Å². The highest BCUT2D eigenvalue weighted by Gasteiger charge is 2.26. The molecule has 0 aliphatic carbocycles. The molecule has 1 N–H and O–H groups in total. The second kappa shape index (κ2) is 12.8. The first-order chi connectivity index (χ1) is 16.0. The summed E-state index contributed by atoms with van der Waals surface area (Å²) in [6.45, 7) is 5.98. The number of nitrogens with one attached hydrogen (secondary N) is 1. The Hall–Kier alpha value is -2.58. The van der Waals surface area contributed by atoms with Gasteiger partial charge in [0, 0.05) is 30.6 Å². The van der Waals surface area contributed by atoms with Crippen molar-refractivity contribution in [3.05, 3.63) is 65.2 Å². The summed E-state index contributed by atoms with van der Waals surface area (Å²) in [7, 11) is -3.56. The minimum Gasteiger partial charge on any atom is -0.352 e. The molecule has 0 bridgehead atoms. The summed E-state index contributed by atoms with van der Waals surface area (Å²) in [4.78, 5) is 27.4. The summed E-state index contributed by atoms with van der Waals surface area (Å²) in [5.41, 5.74) is 1.52. The number of halogens is 1. The minimum absolute atomic E-state index is 0.0398. The monoisotopic (exact) mass is 507 g/mol. The number of carbonyl (C=O) groups is 2.